The second kappa shape index (κ2) is 5.29. The lowest BCUT2D eigenvalue weighted by Gasteiger charge is -2.12. The number of carbonyl (C=O) groups is 1. The minimum atomic E-state index is -0.290. The monoisotopic (exact) mass is 233 g/mol. The van der Waals surface area contributed by atoms with E-state index in [1.165, 1.54) is 0 Å². The number of carbonyl (C=O) groups excluding carboxylic acids is 1. The molecule has 0 bridgehead atoms. The van der Waals surface area contributed by atoms with Gasteiger partial charge in [-0.1, -0.05) is 0 Å². The third-order valence-electron chi connectivity index (χ3n) is 2.52. The molecule has 1 atom stereocenters. The van der Waals surface area contributed by atoms with Gasteiger partial charge in [-0.25, -0.2) is 4.98 Å². The maximum atomic E-state index is 11.8. The molecule has 0 aliphatic heterocycles. The molecule has 90 valence electrons. The molecule has 0 saturated heterocycles. The van der Waals surface area contributed by atoms with Crippen LogP contribution in [0.1, 0.15) is 18.8 Å². The third kappa shape index (κ3) is 2.93. The van der Waals surface area contributed by atoms with E-state index in [4.69, 9.17) is 0 Å². The Hall–Kier alpha value is -2.11. The van der Waals surface area contributed by atoms with Gasteiger partial charge in [0.2, 0.25) is 5.91 Å². The summed E-state index contributed by atoms with van der Waals surface area (Å²) in [5.74, 6) is 0.831. The van der Waals surface area contributed by atoms with Gasteiger partial charge in [0, 0.05) is 37.8 Å². The van der Waals surface area contributed by atoms with Gasteiger partial charge >= 0.3 is 0 Å². The minimum absolute atomic E-state index is 0.0414. The van der Waals surface area contributed by atoms with Crippen molar-refractivity contribution in [3.63, 3.8) is 0 Å². The van der Waals surface area contributed by atoms with Gasteiger partial charge in [0.15, 0.2) is 0 Å². The van der Waals surface area contributed by atoms with Crippen molar-refractivity contribution in [2.75, 3.05) is 6.54 Å². The first kappa shape index (κ1) is 11.4. The molecular weight excluding hydrogens is 218 g/mol. The molecule has 2 aromatic heterocycles. The molecular formula is C11H15N5O. The molecule has 0 fully saturated rings. The molecule has 2 rings (SSSR count). The average molecular weight is 233 g/mol. The third-order valence-corrected chi connectivity index (χ3v) is 2.52. The van der Waals surface area contributed by atoms with E-state index in [-0.39, 0.29) is 11.9 Å². The summed E-state index contributed by atoms with van der Waals surface area (Å²) in [6, 6.07) is 1.51. The zero-order chi connectivity index (χ0) is 12.1. The van der Waals surface area contributed by atoms with Crippen molar-refractivity contribution in [3.05, 3.63) is 36.7 Å². The molecule has 0 aromatic carbocycles. The van der Waals surface area contributed by atoms with Crippen LogP contribution in [0.2, 0.25) is 0 Å². The predicted molar refractivity (Wildman–Crippen MR) is 62.2 cm³/mol. The smallest absolute Gasteiger partial charge is 0.244 e. The molecule has 0 radical (unpaired) electrons. The van der Waals surface area contributed by atoms with Gasteiger partial charge in [0.05, 0.1) is 0 Å². The van der Waals surface area contributed by atoms with Crippen LogP contribution in [-0.2, 0) is 11.2 Å². The summed E-state index contributed by atoms with van der Waals surface area (Å²) >= 11 is 0. The number of aromatic amines is 1. The normalized spacial score (nSPS) is 12.3. The quantitative estimate of drug-likeness (QED) is 0.790. The van der Waals surface area contributed by atoms with Gasteiger partial charge in [0.25, 0.3) is 0 Å². The lowest BCUT2D eigenvalue weighted by molar-refractivity contribution is -0.124. The molecule has 0 aliphatic carbocycles. The Bertz CT molecular complexity index is 448. The first-order chi connectivity index (χ1) is 8.27. The Kier molecular flexibility index (Phi) is 3.54. The lowest BCUT2D eigenvalue weighted by atomic mass is 10.3. The standard InChI is InChI=1S/C11H15N5O/c1-9(16-8-2-4-15-16)11(17)14-5-3-10-12-6-7-13-10/h2,4,6-9H,3,5H2,1H3,(H,12,13)(H,14,17). The van der Waals surface area contributed by atoms with Crippen molar-refractivity contribution < 1.29 is 4.79 Å². The summed E-state index contributed by atoms with van der Waals surface area (Å²) in [5, 5.41) is 6.88. The molecule has 1 unspecified atom stereocenters. The van der Waals surface area contributed by atoms with E-state index in [0.717, 1.165) is 5.82 Å². The summed E-state index contributed by atoms with van der Waals surface area (Å²) in [5.41, 5.74) is 0. The van der Waals surface area contributed by atoms with Crippen LogP contribution in [-0.4, -0.2) is 32.2 Å². The van der Waals surface area contributed by atoms with Crippen LogP contribution in [0.5, 0.6) is 0 Å². The fourth-order valence-electron chi connectivity index (χ4n) is 1.52. The number of nitrogens with one attached hydrogen (secondary N) is 2. The molecule has 0 aliphatic rings. The van der Waals surface area contributed by atoms with Crippen LogP contribution in [0, 0.1) is 0 Å². The maximum absolute atomic E-state index is 11.8. The van der Waals surface area contributed by atoms with Crippen molar-refractivity contribution in [2.45, 2.75) is 19.4 Å². The molecule has 6 nitrogen and oxygen atoms in total. The highest BCUT2D eigenvalue weighted by Crippen LogP contribution is 2.02. The zero-order valence-corrected chi connectivity index (χ0v) is 9.63. The molecule has 2 heterocycles. The van der Waals surface area contributed by atoms with Crippen LogP contribution < -0.4 is 5.32 Å². The van der Waals surface area contributed by atoms with Gasteiger partial charge in [-0.15, -0.1) is 0 Å². The van der Waals surface area contributed by atoms with Crippen LogP contribution in [0.15, 0.2) is 30.9 Å². The first-order valence-electron chi connectivity index (χ1n) is 5.52. The van der Waals surface area contributed by atoms with E-state index in [1.54, 1.807) is 35.5 Å². The molecule has 1 amide bonds. The second-order valence-corrected chi connectivity index (χ2v) is 3.74. The summed E-state index contributed by atoms with van der Waals surface area (Å²) in [6.07, 6.45) is 7.60. The summed E-state index contributed by atoms with van der Waals surface area (Å²) < 4.78 is 1.63. The van der Waals surface area contributed by atoms with Gasteiger partial charge in [-0.3, -0.25) is 9.48 Å². The zero-order valence-electron chi connectivity index (χ0n) is 9.63. The van der Waals surface area contributed by atoms with E-state index in [9.17, 15) is 4.79 Å². The number of H-pyrrole nitrogens is 1. The fourth-order valence-corrected chi connectivity index (χ4v) is 1.52. The van der Waals surface area contributed by atoms with Crippen LogP contribution in [0.25, 0.3) is 0 Å². The number of hydrogen-bond acceptors (Lipinski definition) is 3. The van der Waals surface area contributed by atoms with Gasteiger partial charge < -0.3 is 10.3 Å². The van der Waals surface area contributed by atoms with Crippen molar-refractivity contribution in [1.82, 2.24) is 25.1 Å². The Morgan fingerprint density at radius 3 is 3.12 bits per heavy atom. The molecule has 0 spiro atoms. The number of hydrogen-bond donors (Lipinski definition) is 2. The van der Waals surface area contributed by atoms with Gasteiger partial charge in [-0.2, -0.15) is 5.10 Å². The molecule has 17 heavy (non-hydrogen) atoms. The Labute approximate surface area is 99.1 Å². The van der Waals surface area contributed by atoms with E-state index in [0.29, 0.717) is 13.0 Å². The second-order valence-electron chi connectivity index (χ2n) is 3.74. The average Bonchev–Trinajstić information content (AvgIpc) is 3.00. The van der Waals surface area contributed by atoms with Crippen LogP contribution >= 0.6 is 0 Å². The summed E-state index contributed by atoms with van der Waals surface area (Å²) in [6.45, 7) is 2.38. The number of imidazole rings is 1. The Morgan fingerprint density at radius 1 is 1.59 bits per heavy atom. The summed E-state index contributed by atoms with van der Waals surface area (Å²) in [7, 11) is 0. The lowest BCUT2D eigenvalue weighted by Crippen LogP contribution is -2.32. The van der Waals surface area contributed by atoms with E-state index >= 15 is 0 Å². The fraction of sp³-hybridized carbons (Fsp3) is 0.364. The van der Waals surface area contributed by atoms with Crippen molar-refractivity contribution in [2.24, 2.45) is 0 Å². The van der Waals surface area contributed by atoms with Crippen molar-refractivity contribution in [1.29, 1.82) is 0 Å². The highest BCUT2D eigenvalue weighted by Gasteiger charge is 2.13. The minimum Gasteiger partial charge on any atom is -0.354 e. The highest BCUT2D eigenvalue weighted by molar-refractivity contribution is 5.79. The topological polar surface area (TPSA) is 75.6 Å². The van der Waals surface area contributed by atoms with Gasteiger partial charge in [-0.05, 0) is 13.0 Å². The van der Waals surface area contributed by atoms with E-state index < -0.39 is 0 Å². The molecule has 0 saturated carbocycles. The Morgan fingerprint density at radius 2 is 2.47 bits per heavy atom. The number of rotatable bonds is 5. The maximum Gasteiger partial charge on any atom is 0.244 e. The van der Waals surface area contributed by atoms with Crippen LogP contribution in [0.4, 0.5) is 0 Å². The number of nitrogens with zero attached hydrogens (tertiary/aromatic N) is 3. The largest absolute Gasteiger partial charge is 0.354 e. The first-order valence-corrected chi connectivity index (χ1v) is 5.52. The van der Waals surface area contributed by atoms with E-state index in [1.807, 2.05) is 6.92 Å². The Balaban J connectivity index is 1.77. The predicted octanol–water partition coefficient (Wildman–Crippen LogP) is 0.526. The number of amides is 1. The van der Waals surface area contributed by atoms with Crippen LogP contribution in [0.3, 0.4) is 0 Å². The van der Waals surface area contributed by atoms with E-state index in [2.05, 4.69) is 20.4 Å². The summed E-state index contributed by atoms with van der Waals surface area (Å²) in [4.78, 5) is 18.8. The molecule has 2 N–H and O–H groups in total. The van der Waals surface area contributed by atoms with Crippen molar-refractivity contribution in [3.8, 4) is 0 Å². The highest BCUT2D eigenvalue weighted by atomic mass is 16.2. The van der Waals surface area contributed by atoms with Crippen molar-refractivity contribution >= 4 is 5.91 Å². The SMILES string of the molecule is CC(C(=O)NCCc1ncc[nH]1)n1cccn1. The molecule has 2 aromatic rings. The number of aromatic nitrogens is 4. The van der Waals surface area contributed by atoms with Gasteiger partial charge in [0.1, 0.15) is 11.9 Å². The molecule has 6 heteroatoms.